The molecule has 4 heteroatoms. The van der Waals surface area contributed by atoms with Gasteiger partial charge in [-0.25, -0.2) is 0 Å². The standard InChI is InChI=1S/C11H13BrClNO/c1-2-10(12)11(15)14-7-8-4-3-5-9(13)6-8/h3-6,10H,2,7H2,1H3,(H,14,15). The van der Waals surface area contributed by atoms with E-state index in [9.17, 15) is 4.79 Å². The lowest BCUT2D eigenvalue weighted by Gasteiger charge is -2.08. The van der Waals surface area contributed by atoms with Gasteiger partial charge in [0.15, 0.2) is 0 Å². The van der Waals surface area contributed by atoms with Crippen molar-refractivity contribution in [3.05, 3.63) is 34.9 Å². The Balaban J connectivity index is 2.47. The van der Waals surface area contributed by atoms with Crippen LogP contribution < -0.4 is 5.32 Å². The summed E-state index contributed by atoms with van der Waals surface area (Å²) < 4.78 is 0. The molecule has 0 saturated heterocycles. The van der Waals surface area contributed by atoms with Crippen LogP contribution in [0.3, 0.4) is 0 Å². The van der Waals surface area contributed by atoms with Crippen LogP contribution in [0.25, 0.3) is 0 Å². The Hall–Kier alpha value is -0.540. The minimum absolute atomic E-state index is 0.0116. The highest BCUT2D eigenvalue weighted by molar-refractivity contribution is 9.10. The topological polar surface area (TPSA) is 29.1 Å². The van der Waals surface area contributed by atoms with Crippen LogP contribution in [0.5, 0.6) is 0 Å². The lowest BCUT2D eigenvalue weighted by atomic mass is 10.2. The van der Waals surface area contributed by atoms with Gasteiger partial charge in [-0.05, 0) is 24.1 Å². The average molecular weight is 291 g/mol. The third kappa shape index (κ3) is 4.22. The van der Waals surface area contributed by atoms with Crippen molar-refractivity contribution in [3.8, 4) is 0 Å². The Morgan fingerprint density at radius 3 is 2.93 bits per heavy atom. The van der Waals surface area contributed by atoms with Gasteiger partial charge < -0.3 is 5.32 Å². The summed E-state index contributed by atoms with van der Waals surface area (Å²) >= 11 is 9.12. The molecule has 1 N–H and O–H groups in total. The third-order valence-electron chi connectivity index (χ3n) is 2.00. The van der Waals surface area contributed by atoms with E-state index in [0.29, 0.717) is 11.6 Å². The molecule has 1 amide bonds. The molecule has 0 heterocycles. The quantitative estimate of drug-likeness (QED) is 0.848. The van der Waals surface area contributed by atoms with Gasteiger partial charge in [-0.15, -0.1) is 0 Å². The zero-order chi connectivity index (χ0) is 11.3. The molecular weight excluding hydrogens is 277 g/mol. The number of alkyl halides is 1. The summed E-state index contributed by atoms with van der Waals surface area (Å²) in [5.74, 6) is 0.0116. The second kappa shape index (κ2) is 6.13. The van der Waals surface area contributed by atoms with Gasteiger partial charge in [-0.3, -0.25) is 4.79 Å². The number of halogens is 2. The molecule has 0 bridgehead atoms. The number of carbonyl (C=O) groups excluding carboxylic acids is 1. The van der Waals surface area contributed by atoms with Crippen LogP contribution in [0.1, 0.15) is 18.9 Å². The van der Waals surface area contributed by atoms with E-state index < -0.39 is 0 Å². The van der Waals surface area contributed by atoms with Crippen molar-refractivity contribution < 1.29 is 4.79 Å². The van der Waals surface area contributed by atoms with Crippen molar-refractivity contribution in [2.45, 2.75) is 24.7 Å². The van der Waals surface area contributed by atoms with Gasteiger partial charge in [0.25, 0.3) is 0 Å². The molecule has 0 spiro atoms. The first-order valence-electron chi connectivity index (χ1n) is 4.79. The van der Waals surface area contributed by atoms with Crippen molar-refractivity contribution in [2.75, 3.05) is 0 Å². The van der Waals surface area contributed by atoms with E-state index in [2.05, 4.69) is 21.2 Å². The number of rotatable bonds is 4. The van der Waals surface area contributed by atoms with Crippen molar-refractivity contribution in [3.63, 3.8) is 0 Å². The van der Waals surface area contributed by atoms with Crippen LogP contribution in [-0.4, -0.2) is 10.7 Å². The number of hydrogen-bond acceptors (Lipinski definition) is 1. The van der Waals surface area contributed by atoms with Gasteiger partial charge in [0.2, 0.25) is 5.91 Å². The summed E-state index contributed by atoms with van der Waals surface area (Å²) in [6, 6.07) is 7.46. The second-order valence-corrected chi connectivity index (χ2v) is 4.77. The molecule has 1 unspecified atom stereocenters. The first kappa shape index (κ1) is 12.5. The number of hydrogen-bond donors (Lipinski definition) is 1. The molecular formula is C11H13BrClNO. The van der Waals surface area contributed by atoms with Gasteiger partial charge in [-0.1, -0.05) is 46.6 Å². The highest BCUT2D eigenvalue weighted by Gasteiger charge is 2.11. The minimum atomic E-state index is -0.114. The van der Waals surface area contributed by atoms with Crippen molar-refractivity contribution >= 4 is 33.4 Å². The van der Waals surface area contributed by atoms with Gasteiger partial charge in [0.05, 0.1) is 4.83 Å². The maximum Gasteiger partial charge on any atom is 0.234 e. The Morgan fingerprint density at radius 1 is 1.60 bits per heavy atom. The predicted octanol–water partition coefficient (Wildman–Crippen LogP) is 3.13. The molecule has 0 aliphatic rings. The van der Waals surface area contributed by atoms with E-state index in [1.807, 2.05) is 31.2 Å². The fraction of sp³-hybridized carbons (Fsp3) is 0.364. The minimum Gasteiger partial charge on any atom is -0.351 e. The Labute approximate surface area is 103 Å². The summed E-state index contributed by atoms with van der Waals surface area (Å²) in [6.45, 7) is 2.47. The summed E-state index contributed by atoms with van der Waals surface area (Å²) in [5, 5.41) is 3.52. The zero-order valence-electron chi connectivity index (χ0n) is 8.47. The molecule has 0 fully saturated rings. The molecule has 1 aromatic rings. The van der Waals surface area contributed by atoms with Crippen molar-refractivity contribution in [1.29, 1.82) is 0 Å². The first-order chi connectivity index (χ1) is 7.13. The van der Waals surface area contributed by atoms with Gasteiger partial charge >= 0.3 is 0 Å². The maximum absolute atomic E-state index is 11.4. The third-order valence-corrected chi connectivity index (χ3v) is 3.30. The highest BCUT2D eigenvalue weighted by Crippen LogP contribution is 2.11. The Bertz CT molecular complexity index is 343. The van der Waals surface area contributed by atoms with E-state index in [1.54, 1.807) is 0 Å². The van der Waals surface area contributed by atoms with E-state index in [1.165, 1.54) is 0 Å². The van der Waals surface area contributed by atoms with Gasteiger partial charge in [-0.2, -0.15) is 0 Å². The molecule has 2 nitrogen and oxygen atoms in total. The smallest absolute Gasteiger partial charge is 0.234 e. The van der Waals surface area contributed by atoms with Crippen LogP contribution in [0.4, 0.5) is 0 Å². The van der Waals surface area contributed by atoms with Crippen molar-refractivity contribution in [2.24, 2.45) is 0 Å². The number of benzene rings is 1. The zero-order valence-corrected chi connectivity index (χ0v) is 10.8. The molecule has 0 saturated carbocycles. The Kier molecular flexibility index (Phi) is 5.12. The van der Waals surface area contributed by atoms with E-state index >= 15 is 0 Å². The fourth-order valence-corrected chi connectivity index (χ4v) is 1.51. The molecule has 0 aliphatic carbocycles. The molecule has 1 atom stereocenters. The largest absolute Gasteiger partial charge is 0.351 e. The SMILES string of the molecule is CCC(Br)C(=O)NCc1cccc(Cl)c1. The van der Waals surface area contributed by atoms with E-state index in [0.717, 1.165) is 12.0 Å². The van der Waals surface area contributed by atoms with Crippen molar-refractivity contribution in [1.82, 2.24) is 5.32 Å². The Morgan fingerprint density at radius 2 is 2.33 bits per heavy atom. The molecule has 1 aromatic carbocycles. The number of amides is 1. The van der Waals surface area contributed by atoms with Crippen LogP contribution in [0.15, 0.2) is 24.3 Å². The average Bonchev–Trinajstić information content (AvgIpc) is 2.25. The number of nitrogens with one attached hydrogen (secondary N) is 1. The summed E-state index contributed by atoms with van der Waals surface area (Å²) in [5.41, 5.74) is 1.01. The van der Waals surface area contributed by atoms with Crippen LogP contribution in [0.2, 0.25) is 5.02 Å². The lowest BCUT2D eigenvalue weighted by Crippen LogP contribution is -2.30. The molecule has 0 aromatic heterocycles. The summed E-state index contributed by atoms with van der Waals surface area (Å²) in [7, 11) is 0. The molecule has 0 radical (unpaired) electrons. The van der Waals surface area contributed by atoms with Gasteiger partial charge in [0, 0.05) is 11.6 Å². The fourth-order valence-electron chi connectivity index (χ4n) is 1.13. The van der Waals surface area contributed by atoms with E-state index in [-0.39, 0.29) is 10.7 Å². The van der Waals surface area contributed by atoms with Gasteiger partial charge in [0.1, 0.15) is 0 Å². The highest BCUT2D eigenvalue weighted by atomic mass is 79.9. The molecule has 82 valence electrons. The molecule has 0 aliphatic heterocycles. The maximum atomic E-state index is 11.4. The van der Waals surface area contributed by atoms with Crippen LogP contribution in [0, 0.1) is 0 Å². The normalized spacial score (nSPS) is 12.2. The lowest BCUT2D eigenvalue weighted by molar-refractivity contribution is -0.120. The predicted molar refractivity (Wildman–Crippen MR) is 66.3 cm³/mol. The summed E-state index contributed by atoms with van der Waals surface area (Å²) in [6.07, 6.45) is 0.779. The first-order valence-corrected chi connectivity index (χ1v) is 6.09. The monoisotopic (exact) mass is 289 g/mol. The molecule has 1 rings (SSSR count). The van der Waals surface area contributed by atoms with Crippen LogP contribution >= 0.6 is 27.5 Å². The van der Waals surface area contributed by atoms with E-state index in [4.69, 9.17) is 11.6 Å². The summed E-state index contributed by atoms with van der Waals surface area (Å²) in [4.78, 5) is 11.3. The molecule has 15 heavy (non-hydrogen) atoms. The van der Waals surface area contributed by atoms with Crippen LogP contribution in [-0.2, 0) is 11.3 Å². The second-order valence-electron chi connectivity index (χ2n) is 3.22. The number of carbonyl (C=O) groups is 1.